The molecule has 0 aromatic heterocycles. The lowest BCUT2D eigenvalue weighted by atomic mass is 10.4. The van der Waals surface area contributed by atoms with Crippen molar-refractivity contribution in [2.24, 2.45) is 0 Å². The van der Waals surface area contributed by atoms with Gasteiger partial charge in [-0.05, 0) is 6.42 Å². The summed E-state index contributed by atoms with van der Waals surface area (Å²) in [6.07, 6.45) is 4.81. The van der Waals surface area contributed by atoms with Gasteiger partial charge in [-0.2, -0.15) is 0 Å². The Balaban J connectivity index is 2.01. The normalized spacial score (nSPS) is 18.3. The van der Waals surface area contributed by atoms with Gasteiger partial charge in [0.1, 0.15) is 0 Å². The number of rotatable bonds is 3. The highest BCUT2D eigenvalue weighted by Gasteiger charge is 2.02. The van der Waals surface area contributed by atoms with Gasteiger partial charge >= 0.3 is 0 Å². The smallest absolute Gasteiger partial charge is 0.0443 e. The Kier molecular flexibility index (Phi) is 2.54. The summed E-state index contributed by atoms with van der Waals surface area (Å²) in [6.45, 7) is 2.15. The first-order valence-corrected chi connectivity index (χ1v) is 3.20. The quantitative estimate of drug-likeness (QED) is 0.548. The summed E-state index contributed by atoms with van der Waals surface area (Å²) >= 11 is 0. The van der Waals surface area contributed by atoms with E-state index in [0.717, 1.165) is 19.5 Å². The maximum atomic E-state index is 8.45. The molecule has 1 rings (SSSR count). The Hall–Kier alpha value is -0.540. The molecule has 1 aliphatic rings. The van der Waals surface area contributed by atoms with E-state index >= 15 is 0 Å². The first-order chi connectivity index (χ1) is 4.43. The van der Waals surface area contributed by atoms with Crippen molar-refractivity contribution >= 4 is 0 Å². The van der Waals surface area contributed by atoms with Gasteiger partial charge in [0.25, 0.3) is 0 Å². The van der Waals surface area contributed by atoms with Crippen LogP contribution in [0.25, 0.3) is 0 Å². The fraction of sp³-hybridized carbons (Fsp3) is 0.667. The molecular formula is C6H12N2O. The van der Waals surface area contributed by atoms with E-state index in [0.29, 0.717) is 0 Å². The van der Waals surface area contributed by atoms with Crippen LogP contribution in [-0.4, -0.2) is 29.8 Å². The van der Waals surface area contributed by atoms with Crippen LogP contribution in [0.4, 0.5) is 0 Å². The molecule has 0 aliphatic carbocycles. The molecule has 0 fully saturated rings. The van der Waals surface area contributed by atoms with Gasteiger partial charge in [0, 0.05) is 25.9 Å². The summed E-state index contributed by atoms with van der Waals surface area (Å²) in [4.78, 5) is 0. The summed E-state index contributed by atoms with van der Waals surface area (Å²) in [5, 5.41) is 10.5. The van der Waals surface area contributed by atoms with E-state index in [1.54, 1.807) is 0 Å². The molecule has 0 radical (unpaired) electrons. The van der Waals surface area contributed by atoms with Gasteiger partial charge in [0.05, 0.1) is 0 Å². The van der Waals surface area contributed by atoms with Crippen molar-refractivity contribution in [1.82, 2.24) is 10.4 Å². The summed E-state index contributed by atoms with van der Waals surface area (Å²) in [6, 6.07) is 0. The summed E-state index contributed by atoms with van der Waals surface area (Å²) < 4.78 is 0. The maximum absolute atomic E-state index is 8.45. The molecule has 1 aliphatic heterocycles. The van der Waals surface area contributed by atoms with E-state index in [1.165, 1.54) is 0 Å². The second-order valence-corrected chi connectivity index (χ2v) is 2.05. The molecule has 9 heavy (non-hydrogen) atoms. The molecule has 0 aromatic carbocycles. The molecule has 0 unspecified atom stereocenters. The fourth-order valence-corrected chi connectivity index (χ4v) is 0.808. The van der Waals surface area contributed by atoms with Crippen molar-refractivity contribution in [3.8, 4) is 0 Å². The minimum Gasteiger partial charge on any atom is -0.396 e. The Bertz CT molecular complexity index is 95.2. The second-order valence-electron chi connectivity index (χ2n) is 2.05. The molecule has 1 heterocycles. The van der Waals surface area contributed by atoms with Crippen LogP contribution < -0.4 is 5.43 Å². The van der Waals surface area contributed by atoms with Crippen molar-refractivity contribution < 1.29 is 5.11 Å². The Morgan fingerprint density at radius 2 is 2.56 bits per heavy atom. The zero-order chi connectivity index (χ0) is 6.53. The van der Waals surface area contributed by atoms with Crippen LogP contribution in [0.3, 0.4) is 0 Å². The lowest BCUT2D eigenvalue weighted by Gasteiger charge is -2.13. The van der Waals surface area contributed by atoms with E-state index in [4.69, 9.17) is 5.11 Å². The van der Waals surface area contributed by atoms with Crippen molar-refractivity contribution in [3.63, 3.8) is 0 Å². The van der Waals surface area contributed by atoms with Crippen LogP contribution in [0.5, 0.6) is 0 Å². The predicted molar refractivity (Wildman–Crippen MR) is 35.6 cm³/mol. The van der Waals surface area contributed by atoms with Crippen LogP contribution >= 0.6 is 0 Å². The molecule has 0 bridgehead atoms. The lowest BCUT2D eigenvalue weighted by molar-refractivity contribution is 0.218. The minimum atomic E-state index is 0.276. The standard InChI is InChI=1S/C6H12N2O/c9-6-2-5-8-4-1-3-7-8/h1,3,7,9H,2,4-6H2. The molecule has 0 saturated carbocycles. The highest BCUT2D eigenvalue weighted by atomic mass is 16.3. The monoisotopic (exact) mass is 128 g/mol. The maximum Gasteiger partial charge on any atom is 0.0443 e. The number of nitrogens with zero attached hydrogens (tertiary/aromatic N) is 1. The second kappa shape index (κ2) is 3.48. The molecule has 0 spiro atoms. The third-order valence-corrected chi connectivity index (χ3v) is 1.29. The van der Waals surface area contributed by atoms with Gasteiger partial charge in [-0.3, -0.25) is 0 Å². The van der Waals surface area contributed by atoms with Crippen LogP contribution in [-0.2, 0) is 0 Å². The Morgan fingerprint density at radius 1 is 1.67 bits per heavy atom. The molecule has 2 N–H and O–H groups in total. The minimum absolute atomic E-state index is 0.276. The lowest BCUT2D eigenvalue weighted by Crippen LogP contribution is -2.31. The third-order valence-electron chi connectivity index (χ3n) is 1.29. The predicted octanol–water partition coefficient (Wildman–Crippen LogP) is -0.297. The highest BCUT2D eigenvalue weighted by Crippen LogP contribution is 1.92. The number of aliphatic hydroxyl groups is 1. The molecule has 3 nitrogen and oxygen atoms in total. The topological polar surface area (TPSA) is 35.5 Å². The van der Waals surface area contributed by atoms with Crippen LogP contribution in [0, 0.1) is 0 Å². The summed E-state index contributed by atoms with van der Waals surface area (Å²) in [7, 11) is 0. The van der Waals surface area contributed by atoms with Gasteiger partial charge in [0.15, 0.2) is 0 Å². The van der Waals surface area contributed by atoms with E-state index in [-0.39, 0.29) is 6.61 Å². The van der Waals surface area contributed by atoms with Crippen LogP contribution in [0.15, 0.2) is 12.3 Å². The SMILES string of the molecule is OCCCN1CC=CN1. The summed E-state index contributed by atoms with van der Waals surface area (Å²) in [5.74, 6) is 0. The van der Waals surface area contributed by atoms with Crippen molar-refractivity contribution in [1.29, 1.82) is 0 Å². The molecule has 0 amide bonds. The average molecular weight is 128 g/mol. The van der Waals surface area contributed by atoms with E-state index in [1.807, 2.05) is 6.20 Å². The van der Waals surface area contributed by atoms with Gasteiger partial charge in [0.2, 0.25) is 0 Å². The summed E-state index contributed by atoms with van der Waals surface area (Å²) in [5.41, 5.74) is 3.03. The van der Waals surface area contributed by atoms with Crippen LogP contribution in [0.2, 0.25) is 0 Å². The van der Waals surface area contributed by atoms with Crippen molar-refractivity contribution in [3.05, 3.63) is 12.3 Å². The molecule has 0 aromatic rings. The molecular weight excluding hydrogens is 116 g/mol. The highest BCUT2D eigenvalue weighted by molar-refractivity contribution is 4.88. The van der Waals surface area contributed by atoms with Crippen molar-refractivity contribution in [2.45, 2.75) is 6.42 Å². The first kappa shape index (κ1) is 6.58. The van der Waals surface area contributed by atoms with Gasteiger partial charge in [-0.15, -0.1) is 0 Å². The average Bonchev–Trinajstić information content (AvgIpc) is 2.34. The number of hydrazine groups is 1. The number of hydrogen-bond donors (Lipinski definition) is 2. The van der Waals surface area contributed by atoms with E-state index < -0.39 is 0 Å². The van der Waals surface area contributed by atoms with Gasteiger partial charge in [-0.1, -0.05) is 6.08 Å². The molecule has 0 saturated heterocycles. The molecule has 3 heteroatoms. The van der Waals surface area contributed by atoms with Gasteiger partial charge in [-0.25, -0.2) is 5.01 Å². The number of aliphatic hydroxyl groups excluding tert-OH is 1. The zero-order valence-electron chi connectivity index (χ0n) is 5.38. The van der Waals surface area contributed by atoms with Crippen molar-refractivity contribution in [2.75, 3.05) is 19.7 Å². The molecule has 0 atom stereocenters. The largest absolute Gasteiger partial charge is 0.396 e. The van der Waals surface area contributed by atoms with E-state index in [9.17, 15) is 0 Å². The zero-order valence-corrected chi connectivity index (χ0v) is 5.38. The fourth-order valence-electron chi connectivity index (χ4n) is 0.808. The number of nitrogens with one attached hydrogen (secondary N) is 1. The Morgan fingerprint density at radius 3 is 3.11 bits per heavy atom. The third kappa shape index (κ3) is 2.03. The number of hydrogen-bond acceptors (Lipinski definition) is 3. The molecule has 52 valence electrons. The van der Waals surface area contributed by atoms with E-state index in [2.05, 4.69) is 16.5 Å². The first-order valence-electron chi connectivity index (χ1n) is 3.20. The van der Waals surface area contributed by atoms with Crippen LogP contribution in [0.1, 0.15) is 6.42 Å². The van der Waals surface area contributed by atoms with Gasteiger partial charge < -0.3 is 10.5 Å². The Labute approximate surface area is 54.9 Å².